The van der Waals surface area contributed by atoms with E-state index >= 15 is 0 Å². The molecule has 6 atom stereocenters. The number of halogens is 1. The van der Waals surface area contributed by atoms with E-state index in [4.69, 9.17) is 9.62 Å². The quantitative estimate of drug-likeness (QED) is 0.274. The molecule has 2 aromatic carbocycles. The molecule has 3 aromatic rings. The maximum absolute atomic E-state index is 13.2. The van der Waals surface area contributed by atoms with Crippen molar-refractivity contribution in [1.82, 2.24) is 0 Å². The van der Waals surface area contributed by atoms with Crippen molar-refractivity contribution in [3.8, 4) is 10.4 Å². The number of aryl methyl sites for hydroxylation is 1. The van der Waals surface area contributed by atoms with Gasteiger partial charge >= 0.3 is 0 Å². The van der Waals surface area contributed by atoms with Crippen LogP contribution in [0, 0.1) is 12.7 Å². The summed E-state index contributed by atoms with van der Waals surface area (Å²) in [5, 5.41) is 49.9. The highest BCUT2D eigenvalue weighted by Gasteiger charge is 2.44. The lowest BCUT2D eigenvalue weighted by molar-refractivity contribution is -0.270. The summed E-state index contributed by atoms with van der Waals surface area (Å²) in [7, 11) is 0. The summed E-state index contributed by atoms with van der Waals surface area (Å²) in [5.41, 5.74) is 2.74. The summed E-state index contributed by atoms with van der Waals surface area (Å²) < 4.78 is 18.9. The van der Waals surface area contributed by atoms with E-state index in [1.165, 1.54) is 23.5 Å². The second-order valence-electron chi connectivity index (χ2n) is 8.06. The van der Waals surface area contributed by atoms with E-state index < -0.39 is 43.2 Å². The number of hydrogen-bond acceptors (Lipinski definition) is 8. The molecule has 1 saturated heterocycles. The van der Waals surface area contributed by atoms with Crippen molar-refractivity contribution in [1.29, 1.82) is 0 Å². The van der Waals surface area contributed by atoms with Gasteiger partial charge in [0.25, 0.3) is 0 Å². The Hall–Kier alpha value is -2.21. The van der Waals surface area contributed by atoms with Crippen LogP contribution in [-0.4, -0.2) is 56.7 Å². The lowest BCUT2D eigenvalue weighted by atomic mass is 9.89. The summed E-state index contributed by atoms with van der Waals surface area (Å²) >= 11 is 1.38. The Bertz CT molecular complexity index is 1080. The lowest BCUT2D eigenvalue weighted by Crippen LogP contribution is -2.55. The molecule has 0 bridgehead atoms. The second-order valence-corrected chi connectivity index (χ2v) is 9.18. The van der Waals surface area contributed by atoms with E-state index in [1.807, 2.05) is 19.1 Å². The minimum absolute atomic E-state index is 0.326. The monoisotopic (exact) mass is 476 g/mol. The van der Waals surface area contributed by atoms with E-state index in [1.54, 1.807) is 30.3 Å². The summed E-state index contributed by atoms with van der Waals surface area (Å²) in [4.78, 5) is 6.41. The Morgan fingerprint density at radius 2 is 1.73 bits per heavy atom. The maximum Gasteiger partial charge on any atom is 0.152 e. The molecule has 7 nitrogen and oxygen atoms in total. The molecule has 0 spiro atoms. The van der Waals surface area contributed by atoms with E-state index in [9.17, 15) is 30.1 Å². The molecule has 1 aliphatic heterocycles. The largest absolute Gasteiger partial charge is 0.394 e. The van der Waals surface area contributed by atoms with Gasteiger partial charge in [-0.05, 0) is 59.5 Å². The van der Waals surface area contributed by atoms with Crippen molar-refractivity contribution < 1.29 is 39.7 Å². The van der Waals surface area contributed by atoms with Crippen LogP contribution in [0.5, 0.6) is 0 Å². The maximum atomic E-state index is 13.2. The molecule has 4 rings (SSSR count). The van der Waals surface area contributed by atoms with Crippen molar-refractivity contribution in [2.75, 3.05) is 6.61 Å². The normalized spacial score (nSPS) is 26.3. The first-order chi connectivity index (χ1) is 15.8. The molecule has 1 aliphatic rings. The molecule has 2 heterocycles. The molecule has 9 heteroatoms. The van der Waals surface area contributed by atoms with Crippen molar-refractivity contribution in [3.63, 3.8) is 0 Å². The van der Waals surface area contributed by atoms with Gasteiger partial charge in [-0.15, -0.1) is 11.3 Å². The number of thiophene rings is 1. The summed E-state index contributed by atoms with van der Waals surface area (Å²) in [6, 6.07) is 14.9. The Morgan fingerprint density at radius 1 is 1.00 bits per heavy atom. The molecule has 2 unspecified atom stereocenters. The molecule has 0 aliphatic carbocycles. The van der Waals surface area contributed by atoms with Crippen molar-refractivity contribution >= 4 is 11.3 Å². The predicted molar refractivity (Wildman–Crippen MR) is 119 cm³/mol. The molecular weight excluding hydrogens is 451 g/mol. The van der Waals surface area contributed by atoms with Crippen LogP contribution in [0.15, 0.2) is 54.6 Å². The zero-order chi connectivity index (χ0) is 23.7. The molecule has 0 saturated carbocycles. The van der Waals surface area contributed by atoms with Crippen LogP contribution >= 0.6 is 11.3 Å². The second kappa shape index (κ2) is 9.96. The highest BCUT2D eigenvalue weighted by Crippen LogP contribution is 2.39. The third-order valence-corrected chi connectivity index (χ3v) is 7.10. The van der Waals surface area contributed by atoms with Gasteiger partial charge in [-0.25, -0.2) is 9.28 Å². The van der Waals surface area contributed by atoms with Crippen molar-refractivity contribution in [3.05, 3.63) is 82.0 Å². The Balaban J connectivity index is 1.66. The van der Waals surface area contributed by atoms with Gasteiger partial charge in [-0.3, -0.25) is 5.26 Å². The number of rotatable bonds is 6. The van der Waals surface area contributed by atoms with Gasteiger partial charge in [0.2, 0.25) is 0 Å². The van der Waals surface area contributed by atoms with Crippen LogP contribution in [-0.2, 0) is 9.62 Å². The fraction of sp³-hybridized carbons (Fsp3) is 0.333. The first-order valence-electron chi connectivity index (χ1n) is 10.4. The van der Waals surface area contributed by atoms with Gasteiger partial charge in [0.15, 0.2) is 6.10 Å². The number of benzene rings is 2. The van der Waals surface area contributed by atoms with E-state index in [0.717, 1.165) is 16.0 Å². The first-order valence-corrected chi connectivity index (χ1v) is 11.2. The number of aliphatic hydroxyl groups excluding tert-OH is 4. The van der Waals surface area contributed by atoms with Gasteiger partial charge in [0, 0.05) is 9.75 Å². The SMILES string of the molecule is Cc1ccc(C2O[C@H](CO)[C@@H](O)[C@H](O)[C@H]2O)cc1C(OO)c1ccc(-c2ccc(F)cc2)s1. The summed E-state index contributed by atoms with van der Waals surface area (Å²) in [6.07, 6.45) is -7.23. The van der Waals surface area contributed by atoms with E-state index in [2.05, 4.69) is 0 Å². The molecule has 5 N–H and O–H groups in total. The van der Waals surface area contributed by atoms with E-state index in [0.29, 0.717) is 16.0 Å². The van der Waals surface area contributed by atoms with Gasteiger partial charge in [0.05, 0.1) is 6.61 Å². The molecule has 1 fully saturated rings. The number of hydrogen-bond donors (Lipinski definition) is 5. The van der Waals surface area contributed by atoms with Gasteiger partial charge in [-0.1, -0.05) is 24.3 Å². The van der Waals surface area contributed by atoms with Crippen LogP contribution < -0.4 is 0 Å². The van der Waals surface area contributed by atoms with Gasteiger partial charge in [-0.2, -0.15) is 0 Å². The molecular formula is C24H25FO7S. The van der Waals surface area contributed by atoms with Gasteiger partial charge < -0.3 is 25.2 Å². The Kier molecular flexibility index (Phi) is 7.22. The standard InChI is InChI=1S/C24H25FO7S/c1-12-2-3-14(23-22(29)21(28)20(27)17(11-26)31-23)10-16(12)24(32-30)19-9-8-18(33-19)13-4-6-15(25)7-5-13/h2-10,17,20-24,26-30H,11H2,1H3/t17-,20-,21+,22-,23?,24?/m1/s1. The average Bonchev–Trinajstić information content (AvgIpc) is 3.30. The molecule has 33 heavy (non-hydrogen) atoms. The number of aliphatic hydroxyl groups is 4. The topological polar surface area (TPSA) is 120 Å². The van der Waals surface area contributed by atoms with Crippen LogP contribution in [0.25, 0.3) is 10.4 Å². The summed E-state index contributed by atoms with van der Waals surface area (Å²) in [5.74, 6) is -0.326. The minimum atomic E-state index is -1.49. The van der Waals surface area contributed by atoms with Crippen LogP contribution in [0.2, 0.25) is 0 Å². The molecule has 1 aromatic heterocycles. The molecule has 0 radical (unpaired) electrons. The smallest absolute Gasteiger partial charge is 0.152 e. The summed E-state index contributed by atoms with van der Waals surface area (Å²) in [6.45, 7) is 1.32. The van der Waals surface area contributed by atoms with Crippen molar-refractivity contribution in [2.45, 2.75) is 43.5 Å². The highest BCUT2D eigenvalue weighted by atomic mass is 32.1. The molecule has 0 amide bonds. The fourth-order valence-electron chi connectivity index (χ4n) is 4.02. The average molecular weight is 477 g/mol. The van der Waals surface area contributed by atoms with Crippen LogP contribution in [0.4, 0.5) is 4.39 Å². The van der Waals surface area contributed by atoms with Crippen molar-refractivity contribution in [2.24, 2.45) is 0 Å². The van der Waals surface area contributed by atoms with Crippen LogP contribution in [0.1, 0.15) is 33.8 Å². The van der Waals surface area contributed by atoms with E-state index in [-0.39, 0.29) is 5.82 Å². The van der Waals surface area contributed by atoms with Gasteiger partial charge in [0.1, 0.15) is 36.3 Å². The zero-order valence-electron chi connectivity index (χ0n) is 17.7. The lowest BCUT2D eigenvalue weighted by Gasteiger charge is -2.40. The van der Waals surface area contributed by atoms with Crippen LogP contribution in [0.3, 0.4) is 0 Å². The Labute approximate surface area is 193 Å². The fourth-order valence-corrected chi connectivity index (χ4v) is 5.08. The molecule has 176 valence electrons. The third-order valence-electron chi connectivity index (χ3n) is 5.93. The zero-order valence-corrected chi connectivity index (χ0v) is 18.5. The Morgan fingerprint density at radius 3 is 2.39 bits per heavy atom. The minimum Gasteiger partial charge on any atom is -0.394 e. The highest BCUT2D eigenvalue weighted by molar-refractivity contribution is 7.15. The number of ether oxygens (including phenoxy) is 1. The predicted octanol–water partition coefficient (Wildman–Crippen LogP) is 2.96. The third kappa shape index (κ3) is 4.72. The first kappa shape index (κ1) is 23.9.